The molecule has 4 nitrogen and oxygen atoms in total. The molecule has 0 unspecified atom stereocenters. The first-order valence-electron chi connectivity index (χ1n) is 8.27. The number of carboxylic acid groups (broad SMARTS) is 1. The molecule has 0 radical (unpaired) electrons. The monoisotopic (exact) mass is 401 g/mol. The van der Waals surface area contributed by atoms with Gasteiger partial charge in [-0.3, -0.25) is 9.63 Å². The number of hydrogen-bond acceptors (Lipinski definition) is 3. The van der Waals surface area contributed by atoms with Gasteiger partial charge >= 0.3 is 5.97 Å². The average Bonchev–Trinajstić information content (AvgIpc) is 2.65. The number of halogens is 2. The molecule has 0 aliphatic carbocycles. The third-order valence-corrected chi connectivity index (χ3v) is 4.51. The Labute approximate surface area is 167 Å². The molecule has 3 rings (SSSR count). The Balaban J connectivity index is 2.04. The van der Waals surface area contributed by atoms with Gasteiger partial charge in [-0.15, -0.1) is 0 Å². The van der Waals surface area contributed by atoms with E-state index in [1.807, 2.05) is 36.4 Å². The van der Waals surface area contributed by atoms with E-state index in [1.165, 1.54) is 5.06 Å². The summed E-state index contributed by atoms with van der Waals surface area (Å²) in [5.74, 6) is -0.935. The third-order valence-electron chi connectivity index (χ3n) is 3.90. The molecule has 3 aromatic rings. The van der Waals surface area contributed by atoms with E-state index in [1.54, 1.807) is 36.4 Å². The quantitative estimate of drug-likeness (QED) is 0.501. The van der Waals surface area contributed by atoms with E-state index in [0.717, 1.165) is 5.56 Å². The molecular weight excluding hydrogens is 385 g/mol. The van der Waals surface area contributed by atoms with E-state index in [9.17, 15) is 9.90 Å². The fourth-order valence-electron chi connectivity index (χ4n) is 2.67. The lowest BCUT2D eigenvalue weighted by Crippen LogP contribution is -2.20. The molecular formula is C21H17Cl2NO3. The van der Waals surface area contributed by atoms with E-state index >= 15 is 0 Å². The highest BCUT2D eigenvalue weighted by Crippen LogP contribution is 2.39. The van der Waals surface area contributed by atoms with Gasteiger partial charge in [0.25, 0.3) is 0 Å². The molecule has 0 amide bonds. The number of hydrogen-bond donors (Lipinski definition) is 1. The first kappa shape index (κ1) is 19.2. The maximum absolute atomic E-state index is 11.3. The summed E-state index contributed by atoms with van der Waals surface area (Å²) in [6.07, 6.45) is -0.149. The van der Waals surface area contributed by atoms with Gasteiger partial charge in [-0.2, -0.15) is 0 Å². The summed E-state index contributed by atoms with van der Waals surface area (Å²) in [5, 5.41) is 11.6. The molecule has 0 saturated carbocycles. The smallest absolute Gasteiger partial charge is 0.307 e. The number of anilines is 2. The second-order valence-corrected chi connectivity index (χ2v) is 6.64. The second kappa shape index (κ2) is 8.91. The minimum atomic E-state index is -0.935. The third kappa shape index (κ3) is 4.80. The predicted octanol–water partition coefficient (Wildman–Crippen LogP) is 5.89. The molecule has 0 saturated heterocycles. The molecule has 3 aromatic carbocycles. The molecule has 0 aliphatic heterocycles. The van der Waals surface area contributed by atoms with Gasteiger partial charge in [0, 0.05) is 0 Å². The summed E-state index contributed by atoms with van der Waals surface area (Å²) < 4.78 is 0. The van der Waals surface area contributed by atoms with E-state index < -0.39 is 5.97 Å². The number of nitrogens with zero attached hydrogens (tertiary/aromatic N) is 1. The number of para-hydroxylation sites is 2. The Bertz CT molecular complexity index is 911. The minimum absolute atomic E-state index is 0.149. The zero-order valence-electron chi connectivity index (χ0n) is 14.3. The van der Waals surface area contributed by atoms with Crippen molar-refractivity contribution >= 4 is 40.5 Å². The first-order chi connectivity index (χ1) is 13.1. The van der Waals surface area contributed by atoms with Gasteiger partial charge in [0.2, 0.25) is 0 Å². The summed E-state index contributed by atoms with van der Waals surface area (Å²) in [5.41, 5.74) is 2.59. The largest absolute Gasteiger partial charge is 0.481 e. The van der Waals surface area contributed by atoms with Crippen LogP contribution in [-0.4, -0.2) is 11.1 Å². The van der Waals surface area contributed by atoms with Gasteiger partial charge < -0.3 is 5.11 Å². The van der Waals surface area contributed by atoms with Crippen LogP contribution in [0, 0.1) is 0 Å². The molecule has 0 aromatic heterocycles. The van der Waals surface area contributed by atoms with Crippen LogP contribution < -0.4 is 5.06 Å². The molecule has 0 bridgehead atoms. The lowest BCUT2D eigenvalue weighted by Gasteiger charge is -2.27. The molecule has 138 valence electrons. The van der Waals surface area contributed by atoms with Crippen molar-refractivity contribution in [1.82, 2.24) is 0 Å². The van der Waals surface area contributed by atoms with Crippen molar-refractivity contribution < 1.29 is 14.7 Å². The Morgan fingerprint density at radius 1 is 0.889 bits per heavy atom. The van der Waals surface area contributed by atoms with Gasteiger partial charge in [0.1, 0.15) is 12.3 Å². The Morgan fingerprint density at radius 2 is 1.52 bits per heavy atom. The maximum Gasteiger partial charge on any atom is 0.307 e. The van der Waals surface area contributed by atoms with Crippen LogP contribution >= 0.6 is 23.2 Å². The van der Waals surface area contributed by atoms with Crippen molar-refractivity contribution in [2.45, 2.75) is 13.0 Å². The zero-order valence-corrected chi connectivity index (χ0v) is 15.8. The van der Waals surface area contributed by atoms with Crippen LogP contribution in [0.2, 0.25) is 10.0 Å². The van der Waals surface area contributed by atoms with Crippen LogP contribution in [0.25, 0.3) is 0 Å². The first-order valence-corrected chi connectivity index (χ1v) is 9.02. The topological polar surface area (TPSA) is 49.8 Å². The van der Waals surface area contributed by atoms with Crippen LogP contribution in [0.3, 0.4) is 0 Å². The standard InChI is InChI=1S/C21H17Cl2NO3/c22-17-10-6-11-18(23)21(17)24(27-14-15-7-2-1-3-8-15)19-12-5-4-9-16(19)13-20(25)26/h1-12H,13-14H2,(H,25,26). The average molecular weight is 402 g/mol. The molecule has 6 heteroatoms. The predicted molar refractivity (Wildman–Crippen MR) is 108 cm³/mol. The van der Waals surface area contributed by atoms with Crippen molar-refractivity contribution in [3.05, 3.63) is 94.0 Å². The van der Waals surface area contributed by atoms with Crippen LogP contribution in [-0.2, 0) is 22.7 Å². The number of benzene rings is 3. The van der Waals surface area contributed by atoms with E-state index in [0.29, 0.717) is 27.0 Å². The number of rotatable bonds is 7. The number of carboxylic acids is 1. The molecule has 1 N–H and O–H groups in total. The van der Waals surface area contributed by atoms with Crippen molar-refractivity contribution in [3.8, 4) is 0 Å². The van der Waals surface area contributed by atoms with Crippen LogP contribution in [0.1, 0.15) is 11.1 Å². The van der Waals surface area contributed by atoms with Gasteiger partial charge in [-0.25, -0.2) is 5.06 Å². The van der Waals surface area contributed by atoms with Crippen LogP contribution in [0.4, 0.5) is 11.4 Å². The molecule has 0 spiro atoms. The van der Waals surface area contributed by atoms with Crippen molar-refractivity contribution in [3.63, 3.8) is 0 Å². The maximum atomic E-state index is 11.3. The van der Waals surface area contributed by atoms with Crippen molar-refractivity contribution in [1.29, 1.82) is 0 Å². The molecule has 0 aliphatic rings. The zero-order chi connectivity index (χ0) is 19.2. The SMILES string of the molecule is O=C(O)Cc1ccccc1N(OCc1ccccc1)c1c(Cl)cccc1Cl. The molecule has 0 atom stereocenters. The fourth-order valence-corrected chi connectivity index (χ4v) is 3.22. The fraction of sp³-hybridized carbons (Fsp3) is 0.0952. The number of carbonyl (C=O) groups is 1. The van der Waals surface area contributed by atoms with E-state index in [2.05, 4.69) is 0 Å². The molecule has 0 heterocycles. The van der Waals surface area contributed by atoms with Crippen molar-refractivity contribution in [2.75, 3.05) is 5.06 Å². The second-order valence-electron chi connectivity index (χ2n) is 5.82. The molecule has 0 fully saturated rings. The van der Waals surface area contributed by atoms with E-state index in [-0.39, 0.29) is 13.0 Å². The summed E-state index contributed by atoms with van der Waals surface area (Å²) in [6, 6.07) is 21.9. The lowest BCUT2D eigenvalue weighted by molar-refractivity contribution is -0.136. The normalized spacial score (nSPS) is 10.6. The highest BCUT2D eigenvalue weighted by atomic mass is 35.5. The summed E-state index contributed by atoms with van der Waals surface area (Å²) in [6.45, 7) is 0.268. The Kier molecular flexibility index (Phi) is 6.35. The Morgan fingerprint density at radius 3 is 2.19 bits per heavy atom. The number of aliphatic carboxylic acids is 1. The molecule has 27 heavy (non-hydrogen) atoms. The summed E-state index contributed by atoms with van der Waals surface area (Å²) >= 11 is 12.8. The van der Waals surface area contributed by atoms with Gasteiger partial charge in [-0.05, 0) is 29.3 Å². The van der Waals surface area contributed by atoms with Gasteiger partial charge in [0.05, 0.1) is 22.2 Å². The highest BCUT2D eigenvalue weighted by molar-refractivity contribution is 6.39. The van der Waals surface area contributed by atoms with Crippen molar-refractivity contribution in [2.24, 2.45) is 0 Å². The van der Waals surface area contributed by atoms with Gasteiger partial charge in [-0.1, -0.05) is 77.8 Å². The lowest BCUT2D eigenvalue weighted by atomic mass is 10.1. The van der Waals surface area contributed by atoms with E-state index in [4.69, 9.17) is 28.0 Å². The van der Waals surface area contributed by atoms with Crippen LogP contribution in [0.5, 0.6) is 0 Å². The summed E-state index contributed by atoms with van der Waals surface area (Å²) in [4.78, 5) is 17.3. The summed E-state index contributed by atoms with van der Waals surface area (Å²) in [7, 11) is 0. The van der Waals surface area contributed by atoms with Gasteiger partial charge in [0.15, 0.2) is 0 Å². The highest BCUT2D eigenvalue weighted by Gasteiger charge is 2.21. The Hall–Kier alpha value is -2.53. The van der Waals surface area contributed by atoms with Crippen LogP contribution in [0.15, 0.2) is 72.8 Å². The minimum Gasteiger partial charge on any atom is -0.481 e.